The molecule has 88 valence electrons. The molecule has 0 amide bonds. The number of rotatable bonds is 2. The smallest absolute Gasteiger partial charge is 0.208 e. The molecule has 2 aliphatic rings. The van der Waals surface area contributed by atoms with E-state index in [1.165, 1.54) is 6.26 Å². The number of ether oxygens (including phenoxy) is 2. The first kappa shape index (κ1) is 11.3. The zero-order chi connectivity index (χ0) is 10.9. The zero-order valence-corrected chi connectivity index (χ0v) is 9.63. The first-order valence-electron chi connectivity index (χ1n) is 5.25. The Morgan fingerprint density at radius 3 is 2.47 bits per heavy atom. The van der Waals surface area contributed by atoms with Gasteiger partial charge < -0.3 is 9.47 Å². The molecule has 0 aromatic rings. The minimum absolute atomic E-state index is 0.00273. The van der Waals surface area contributed by atoms with Gasteiger partial charge in [-0.1, -0.05) is 0 Å². The van der Waals surface area contributed by atoms with Gasteiger partial charge in [-0.25, -0.2) is 13.1 Å². The van der Waals surface area contributed by atoms with Gasteiger partial charge in [0, 0.05) is 6.04 Å². The fourth-order valence-corrected chi connectivity index (χ4v) is 3.10. The van der Waals surface area contributed by atoms with Crippen molar-refractivity contribution in [3.63, 3.8) is 0 Å². The molecule has 0 aromatic carbocycles. The fraction of sp³-hybridized carbons (Fsp3) is 1.00. The first-order valence-corrected chi connectivity index (χ1v) is 7.14. The second kappa shape index (κ2) is 4.37. The lowest BCUT2D eigenvalue weighted by atomic mass is 9.90. The van der Waals surface area contributed by atoms with E-state index < -0.39 is 10.0 Å². The molecule has 15 heavy (non-hydrogen) atoms. The second-order valence-electron chi connectivity index (χ2n) is 4.22. The molecule has 0 aromatic heterocycles. The minimum Gasteiger partial charge on any atom is -0.373 e. The van der Waals surface area contributed by atoms with Crippen LogP contribution in [0.15, 0.2) is 0 Å². The lowest BCUT2D eigenvalue weighted by molar-refractivity contribution is -0.156. The number of hydrogen-bond donors (Lipinski definition) is 1. The van der Waals surface area contributed by atoms with Crippen LogP contribution in [0.4, 0.5) is 0 Å². The Kier molecular flexibility index (Phi) is 3.30. The van der Waals surface area contributed by atoms with Crippen molar-refractivity contribution in [2.24, 2.45) is 0 Å². The fourth-order valence-electron chi connectivity index (χ4n) is 2.28. The maximum atomic E-state index is 11.1. The predicted octanol–water partition coefficient (Wildman–Crippen LogP) is -0.128. The molecule has 5 nitrogen and oxygen atoms in total. The molecule has 0 bridgehead atoms. The van der Waals surface area contributed by atoms with Gasteiger partial charge in [-0.05, 0) is 19.3 Å². The molecule has 1 saturated heterocycles. The molecule has 6 heteroatoms. The van der Waals surface area contributed by atoms with Crippen LogP contribution in [0.5, 0.6) is 0 Å². The van der Waals surface area contributed by atoms with E-state index in [0.717, 1.165) is 19.3 Å². The quantitative estimate of drug-likeness (QED) is 0.724. The monoisotopic (exact) mass is 235 g/mol. The minimum atomic E-state index is -3.11. The van der Waals surface area contributed by atoms with Gasteiger partial charge in [0.1, 0.15) is 0 Å². The van der Waals surface area contributed by atoms with Crippen molar-refractivity contribution in [2.75, 3.05) is 19.5 Å². The molecule has 3 unspecified atom stereocenters. The summed E-state index contributed by atoms with van der Waals surface area (Å²) in [6.45, 7) is 1.28. The van der Waals surface area contributed by atoms with Crippen LogP contribution in [0.25, 0.3) is 0 Å². The maximum absolute atomic E-state index is 11.1. The number of sulfonamides is 1. The van der Waals surface area contributed by atoms with Crippen LogP contribution in [0.1, 0.15) is 19.3 Å². The standard InChI is InChI=1S/C9H17NO4S/c1-15(11,12)10-7-2-3-8-9(6-7)14-5-4-13-8/h7-10H,2-6H2,1H3. The SMILES string of the molecule is CS(=O)(=O)NC1CCC2OCCOC2C1. The summed E-state index contributed by atoms with van der Waals surface area (Å²) in [6.07, 6.45) is 3.84. The molecule has 0 radical (unpaired) electrons. The van der Waals surface area contributed by atoms with Crippen molar-refractivity contribution in [1.82, 2.24) is 4.72 Å². The van der Waals surface area contributed by atoms with E-state index >= 15 is 0 Å². The van der Waals surface area contributed by atoms with Gasteiger partial charge in [-0.2, -0.15) is 0 Å². The van der Waals surface area contributed by atoms with Crippen LogP contribution in [0, 0.1) is 0 Å². The summed E-state index contributed by atoms with van der Waals surface area (Å²) >= 11 is 0. The third-order valence-corrected chi connectivity index (χ3v) is 3.62. The molecular weight excluding hydrogens is 218 g/mol. The summed E-state index contributed by atoms with van der Waals surface area (Å²) in [7, 11) is -3.11. The Labute approximate surface area is 90.2 Å². The number of fused-ring (bicyclic) bond motifs is 1. The Hall–Kier alpha value is -0.170. The Morgan fingerprint density at radius 1 is 1.13 bits per heavy atom. The van der Waals surface area contributed by atoms with Crippen LogP contribution in [-0.2, 0) is 19.5 Å². The lowest BCUT2D eigenvalue weighted by Crippen LogP contribution is -2.49. The highest BCUT2D eigenvalue weighted by Crippen LogP contribution is 2.26. The first-order chi connectivity index (χ1) is 7.04. The van der Waals surface area contributed by atoms with E-state index in [4.69, 9.17) is 9.47 Å². The van der Waals surface area contributed by atoms with Gasteiger partial charge in [0.25, 0.3) is 0 Å². The molecule has 0 spiro atoms. The lowest BCUT2D eigenvalue weighted by Gasteiger charge is -2.38. The molecule has 2 fully saturated rings. The summed E-state index contributed by atoms with van der Waals surface area (Å²) in [5, 5.41) is 0. The summed E-state index contributed by atoms with van der Waals surface area (Å²) < 4.78 is 35.9. The zero-order valence-electron chi connectivity index (χ0n) is 8.81. The Bertz CT molecular complexity index is 316. The molecule has 2 rings (SSSR count). The van der Waals surface area contributed by atoms with Gasteiger partial charge in [-0.3, -0.25) is 0 Å². The maximum Gasteiger partial charge on any atom is 0.208 e. The van der Waals surface area contributed by atoms with Crippen molar-refractivity contribution in [3.8, 4) is 0 Å². The van der Waals surface area contributed by atoms with Crippen LogP contribution >= 0.6 is 0 Å². The Balaban J connectivity index is 1.91. The van der Waals surface area contributed by atoms with E-state index in [1.54, 1.807) is 0 Å². The molecule has 1 N–H and O–H groups in total. The van der Waals surface area contributed by atoms with Crippen molar-refractivity contribution < 1.29 is 17.9 Å². The van der Waals surface area contributed by atoms with Crippen LogP contribution in [0.3, 0.4) is 0 Å². The molecule has 1 heterocycles. The van der Waals surface area contributed by atoms with Gasteiger partial charge in [0.2, 0.25) is 10.0 Å². The van der Waals surface area contributed by atoms with Gasteiger partial charge in [-0.15, -0.1) is 0 Å². The van der Waals surface area contributed by atoms with E-state index in [1.807, 2.05) is 0 Å². The molecule has 1 aliphatic carbocycles. The third kappa shape index (κ3) is 3.14. The molecule has 1 saturated carbocycles. The van der Waals surface area contributed by atoms with Gasteiger partial charge in [0.05, 0.1) is 31.7 Å². The summed E-state index contributed by atoms with van der Waals surface area (Å²) in [5.41, 5.74) is 0. The van der Waals surface area contributed by atoms with E-state index in [9.17, 15) is 8.42 Å². The largest absolute Gasteiger partial charge is 0.373 e. The average Bonchev–Trinajstić information content (AvgIpc) is 2.15. The van der Waals surface area contributed by atoms with Crippen molar-refractivity contribution in [2.45, 2.75) is 37.5 Å². The van der Waals surface area contributed by atoms with Gasteiger partial charge >= 0.3 is 0 Å². The van der Waals surface area contributed by atoms with Crippen molar-refractivity contribution in [1.29, 1.82) is 0 Å². The topological polar surface area (TPSA) is 64.6 Å². The molecular formula is C9H17NO4S. The van der Waals surface area contributed by atoms with Crippen molar-refractivity contribution >= 4 is 10.0 Å². The van der Waals surface area contributed by atoms with E-state index in [0.29, 0.717) is 13.2 Å². The van der Waals surface area contributed by atoms with E-state index in [2.05, 4.69) is 4.72 Å². The van der Waals surface area contributed by atoms with E-state index in [-0.39, 0.29) is 18.2 Å². The highest BCUT2D eigenvalue weighted by atomic mass is 32.2. The second-order valence-corrected chi connectivity index (χ2v) is 6.00. The average molecular weight is 235 g/mol. The predicted molar refractivity (Wildman–Crippen MR) is 55.1 cm³/mol. The summed E-state index contributed by atoms with van der Waals surface area (Å²) in [6, 6.07) is 0.00273. The number of nitrogens with one attached hydrogen (secondary N) is 1. The Morgan fingerprint density at radius 2 is 1.80 bits per heavy atom. The highest BCUT2D eigenvalue weighted by Gasteiger charge is 2.34. The molecule has 3 atom stereocenters. The van der Waals surface area contributed by atoms with Crippen LogP contribution in [-0.4, -0.2) is 46.1 Å². The normalized spacial score (nSPS) is 37.3. The van der Waals surface area contributed by atoms with Crippen molar-refractivity contribution in [3.05, 3.63) is 0 Å². The molecule has 1 aliphatic heterocycles. The summed E-state index contributed by atoms with van der Waals surface area (Å²) in [4.78, 5) is 0. The van der Waals surface area contributed by atoms with Crippen LogP contribution < -0.4 is 4.72 Å². The number of hydrogen-bond acceptors (Lipinski definition) is 4. The highest BCUT2D eigenvalue weighted by molar-refractivity contribution is 7.88. The van der Waals surface area contributed by atoms with Gasteiger partial charge in [0.15, 0.2) is 0 Å². The summed E-state index contributed by atoms with van der Waals surface area (Å²) in [5.74, 6) is 0. The van der Waals surface area contributed by atoms with Crippen LogP contribution in [0.2, 0.25) is 0 Å². The third-order valence-electron chi connectivity index (χ3n) is 2.86.